The second-order valence-corrected chi connectivity index (χ2v) is 5.49. The van der Waals surface area contributed by atoms with Gasteiger partial charge in [-0.25, -0.2) is 4.98 Å². The molecule has 0 bridgehead atoms. The number of halogens is 1. The summed E-state index contributed by atoms with van der Waals surface area (Å²) in [5.41, 5.74) is 2.34. The summed E-state index contributed by atoms with van der Waals surface area (Å²) < 4.78 is 0. The van der Waals surface area contributed by atoms with Crippen LogP contribution in [0.2, 0.25) is 0 Å². The van der Waals surface area contributed by atoms with Crippen molar-refractivity contribution in [2.24, 2.45) is 4.99 Å². The van der Waals surface area contributed by atoms with Gasteiger partial charge in [0, 0.05) is 44.0 Å². The van der Waals surface area contributed by atoms with Gasteiger partial charge in [0.15, 0.2) is 5.96 Å². The van der Waals surface area contributed by atoms with E-state index in [1.54, 1.807) is 0 Å². The lowest BCUT2D eigenvalue weighted by atomic mass is 10.2. The highest BCUT2D eigenvalue weighted by atomic mass is 127. The van der Waals surface area contributed by atoms with Crippen LogP contribution in [-0.4, -0.2) is 37.1 Å². The maximum atomic E-state index is 4.74. The van der Waals surface area contributed by atoms with E-state index in [0.29, 0.717) is 0 Å². The third-order valence-corrected chi connectivity index (χ3v) is 3.84. The summed E-state index contributed by atoms with van der Waals surface area (Å²) in [6.45, 7) is 7.03. The van der Waals surface area contributed by atoms with Gasteiger partial charge in [-0.2, -0.15) is 0 Å². The summed E-state index contributed by atoms with van der Waals surface area (Å²) in [6.07, 6.45) is 3.67. The number of nitrogens with zero attached hydrogens (tertiary/aromatic N) is 3. The molecule has 1 fully saturated rings. The highest BCUT2D eigenvalue weighted by molar-refractivity contribution is 14.0. The Morgan fingerprint density at radius 2 is 2.05 bits per heavy atom. The Morgan fingerprint density at radius 1 is 1.24 bits per heavy atom. The molecule has 5 nitrogen and oxygen atoms in total. The van der Waals surface area contributed by atoms with Crippen LogP contribution < -0.4 is 15.5 Å². The van der Waals surface area contributed by atoms with E-state index in [2.05, 4.69) is 39.6 Å². The molecule has 0 spiro atoms. The zero-order valence-electron chi connectivity index (χ0n) is 12.6. The predicted molar refractivity (Wildman–Crippen MR) is 97.6 cm³/mol. The molecule has 1 saturated heterocycles. The number of anilines is 1. The van der Waals surface area contributed by atoms with Gasteiger partial charge in [0.1, 0.15) is 5.82 Å². The number of aromatic nitrogens is 1. The molecule has 0 unspecified atom stereocenters. The molecule has 1 aromatic rings. The van der Waals surface area contributed by atoms with Gasteiger partial charge in [-0.3, -0.25) is 4.99 Å². The van der Waals surface area contributed by atoms with Gasteiger partial charge in [0.25, 0.3) is 0 Å². The van der Waals surface area contributed by atoms with Crippen LogP contribution >= 0.6 is 24.0 Å². The quantitative estimate of drug-likeness (QED) is 0.762. The molecule has 2 aliphatic heterocycles. The van der Waals surface area contributed by atoms with Crippen molar-refractivity contribution in [2.45, 2.75) is 32.7 Å². The molecular weight excluding hydrogens is 377 g/mol. The normalized spacial score (nSPS) is 17.8. The number of hydrogen-bond donors (Lipinski definition) is 2. The van der Waals surface area contributed by atoms with Gasteiger partial charge in [-0.05, 0) is 32.3 Å². The Morgan fingerprint density at radius 3 is 2.76 bits per heavy atom. The molecule has 0 radical (unpaired) electrons. The van der Waals surface area contributed by atoms with E-state index < -0.39 is 0 Å². The van der Waals surface area contributed by atoms with Crippen molar-refractivity contribution in [3.05, 3.63) is 23.4 Å². The first-order valence-electron chi connectivity index (χ1n) is 7.56. The Kier molecular flexibility index (Phi) is 6.08. The third kappa shape index (κ3) is 4.21. The number of hydrogen-bond acceptors (Lipinski definition) is 5. The van der Waals surface area contributed by atoms with E-state index in [4.69, 9.17) is 4.98 Å². The van der Waals surface area contributed by atoms with Crippen LogP contribution in [0.4, 0.5) is 5.82 Å². The van der Waals surface area contributed by atoms with E-state index in [0.717, 1.165) is 56.6 Å². The molecule has 0 amide bonds. The summed E-state index contributed by atoms with van der Waals surface area (Å²) in [6, 6.07) is 4.28. The lowest BCUT2D eigenvalue weighted by Crippen LogP contribution is -2.40. The molecule has 3 heterocycles. The minimum Gasteiger partial charge on any atom is -0.356 e. The van der Waals surface area contributed by atoms with E-state index in [-0.39, 0.29) is 24.0 Å². The van der Waals surface area contributed by atoms with Gasteiger partial charge < -0.3 is 15.5 Å². The Hall–Kier alpha value is -1.05. The Labute approximate surface area is 143 Å². The molecular formula is C15H24IN5. The Balaban J connectivity index is 0.00000161. The maximum Gasteiger partial charge on any atom is 0.191 e. The Bertz CT molecular complexity index is 497. The van der Waals surface area contributed by atoms with Gasteiger partial charge >= 0.3 is 0 Å². The zero-order chi connectivity index (χ0) is 13.8. The van der Waals surface area contributed by atoms with Gasteiger partial charge in [-0.15, -0.1) is 24.0 Å². The largest absolute Gasteiger partial charge is 0.356 e. The van der Waals surface area contributed by atoms with Gasteiger partial charge in [-0.1, -0.05) is 6.07 Å². The summed E-state index contributed by atoms with van der Waals surface area (Å²) in [5.74, 6) is 2.07. The summed E-state index contributed by atoms with van der Waals surface area (Å²) >= 11 is 0. The average Bonchev–Trinajstić information content (AvgIpc) is 3.01. The average molecular weight is 401 g/mol. The number of guanidine groups is 1. The first kappa shape index (κ1) is 16.3. The third-order valence-electron chi connectivity index (χ3n) is 3.84. The van der Waals surface area contributed by atoms with Crippen molar-refractivity contribution in [1.82, 2.24) is 15.6 Å². The highest BCUT2D eigenvalue weighted by Gasteiger charge is 2.17. The molecule has 2 N–H and O–H groups in total. The summed E-state index contributed by atoms with van der Waals surface area (Å²) in [4.78, 5) is 11.6. The van der Waals surface area contributed by atoms with Crippen molar-refractivity contribution in [3.8, 4) is 0 Å². The molecule has 116 valence electrons. The van der Waals surface area contributed by atoms with Crippen molar-refractivity contribution >= 4 is 35.8 Å². The van der Waals surface area contributed by atoms with Crippen LogP contribution in [0.25, 0.3) is 0 Å². The van der Waals surface area contributed by atoms with E-state index in [1.165, 1.54) is 18.4 Å². The van der Waals surface area contributed by atoms with Gasteiger partial charge in [0.2, 0.25) is 0 Å². The fourth-order valence-electron chi connectivity index (χ4n) is 2.74. The molecule has 0 aromatic carbocycles. The maximum absolute atomic E-state index is 4.74. The molecule has 2 aliphatic rings. The van der Waals surface area contributed by atoms with Crippen molar-refractivity contribution in [2.75, 3.05) is 31.1 Å². The standard InChI is InChI=1S/C15H23N5.HI/c1-12-5-6-13(11-18-15-16-7-4-8-17-15)14(19-12)20-9-2-3-10-20;/h5-6H,2-4,7-11H2,1H3,(H2,16,17,18);1H. The minimum absolute atomic E-state index is 0. The lowest BCUT2D eigenvalue weighted by molar-refractivity contribution is 0.700. The fraction of sp³-hybridized carbons (Fsp3) is 0.600. The second kappa shape index (κ2) is 7.82. The van der Waals surface area contributed by atoms with Crippen LogP contribution in [0.1, 0.15) is 30.5 Å². The minimum atomic E-state index is 0. The van der Waals surface area contributed by atoms with Crippen LogP contribution in [0, 0.1) is 6.92 Å². The van der Waals surface area contributed by atoms with Crippen molar-refractivity contribution in [1.29, 1.82) is 0 Å². The number of aliphatic imine (C=N–C) groups is 1. The lowest BCUT2D eigenvalue weighted by Gasteiger charge is -2.22. The molecule has 6 heteroatoms. The predicted octanol–water partition coefficient (Wildman–Crippen LogP) is 2.05. The summed E-state index contributed by atoms with van der Waals surface area (Å²) in [5, 5.41) is 6.69. The van der Waals surface area contributed by atoms with Gasteiger partial charge in [0.05, 0.1) is 0 Å². The number of nitrogens with one attached hydrogen (secondary N) is 2. The van der Waals surface area contributed by atoms with E-state index in [1.807, 2.05) is 0 Å². The topological polar surface area (TPSA) is 52.6 Å². The number of rotatable bonds is 3. The number of pyridine rings is 1. The molecule has 0 aliphatic carbocycles. The molecule has 21 heavy (non-hydrogen) atoms. The monoisotopic (exact) mass is 401 g/mol. The van der Waals surface area contributed by atoms with Crippen LogP contribution in [-0.2, 0) is 6.54 Å². The zero-order valence-corrected chi connectivity index (χ0v) is 14.9. The second-order valence-electron chi connectivity index (χ2n) is 5.49. The molecule has 3 rings (SSSR count). The first-order chi connectivity index (χ1) is 9.83. The fourth-order valence-corrected chi connectivity index (χ4v) is 2.74. The van der Waals surface area contributed by atoms with E-state index in [9.17, 15) is 0 Å². The molecule has 1 aromatic heterocycles. The van der Waals surface area contributed by atoms with Crippen LogP contribution in [0.5, 0.6) is 0 Å². The van der Waals surface area contributed by atoms with E-state index >= 15 is 0 Å². The van der Waals surface area contributed by atoms with Crippen molar-refractivity contribution in [3.63, 3.8) is 0 Å². The first-order valence-corrected chi connectivity index (χ1v) is 7.56. The molecule has 0 saturated carbocycles. The smallest absolute Gasteiger partial charge is 0.191 e. The van der Waals surface area contributed by atoms with Crippen LogP contribution in [0.3, 0.4) is 0 Å². The number of aryl methyl sites for hydroxylation is 1. The SMILES string of the molecule is Cc1ccc(CNC2=NCCCN2)c(N2CCCC2)n1.I. The highest BCUT2D eigenvalue weighted by Crippen LogP contribution is 2.22. The van der Waals surface area contributed by atoms with Crippen LogP contribution in [0.15, 0.2) is 17.1 Å². The summed E-state index contributed by atoms with van der Waals surface area (Å²) in [7, 11) is 0. The van der Waals surface area contributed by atoms with Crippen molar-refractivity contribution < 1.29 is 0 Å². The molecule has 0 atom stereocenters.